The molecule has 0 atom stereocenters. The molecule has 0 spiro atoms. The van der Waals surface area contributed by atoms with E-state index in [-0.39, 0.29) is 0 Å². The van der Waals surface area contributed by atoms with Crippen LogP contribution < -0.4 is 0 Å². The Labute approximate surface area is 419 Å². The van der Waals surface area contributed by atoms with Gasteiger partial charge in [-0.2, -0.15) is 0 Å². The molecule has 0 aliphatic heterocycles. The van der Waals surface area contributed by atoms with E-state index in [1.807, 2.05) is 49.6 Å². The van der Waals surface area contributed by atoms with Crippen LogP contribution in [-0.2, 0) is 0 Å². The molecule has 0 saturated heterocycles. The molecule has 6 aromatic carbocycles. The molecular weight excluding hydrogens is 917 g/mol. The molecule has 340 valence electrons. The Bertz CT molecular complexity index is 4460. The summed E-state index contributed by atoms with van der Waals surface area (Å²) in [6, 6.07) is 60.1. The minimum Gasteiger partial charge on any atom is -0.304 e. The predicted octanol–water partition coefficient (Wildman–Crippen LogP) is 15.0. The molecule has 0 bridgehead atoms. The predicted molar refractivity (Wildman–Crippen MR) is 297 cm³/mol. The van der Waals surface area contributed by atoms with Gasteiger partial charge in [0.1, 0.15) is 16.4 Å². The molecule has 0 amide bonds. The second-order valence-electron chi connectivity index (χ2n) is 18.3. The van der Waals surface area contributed by atoms with Crippen molar-refractivity contribution in [2.24, 2.45) is 0 Å². The first kappa shape index (κ1) is 39.9. The summed E-state index contributed by atoms with van der Waals surface area (Å²) in [7, 11) is 0. The van der Waals surface area contributed by atoms with Crippen LogP contribution in [0, 0.1) is 0 Å². The lowest BCUT2D eigenvalue weighted by Crippen LogP contribution is -2.16. The summed E-state index contributed by atoms with van der Waals surface area (Å²) in [5.74, 6) is 1.40. The number of thiazole rings is 1. The highest BCUT2D eigenvalue weighted by molar-refractivity contribution is 7.21. The Hall–Kier alpha value is -9.84. The molecule has 0 fully saturated rings. The summed E-state index contributed by atoms with van der Waals surface area (Å²) in [5.41, 5.74) is 13.3. The fourth-order valence-electron chi connectivity index (χ4n) is 11.6. The number of pyridine rings is 5. The molecule has 11 heteroatoms. The van der Waals surface area contributed by atoms with Gasteiger partial charge in [-0.3, -0.25) is 29.1 Å². The normalized spacial score (nSPS) is 12.1. The zero-order chi connectivity index (χ0) is 47.7. The average molecular weight is 953 g/mol. The Kier molecular flexibility index (Phi) is 8.39. The number of hydrogen-bond donors (Lipinski definition) is 0. The summed E-state index contributed by atoms with van der Waals surface area (Å²) in [5, 5.41) is 9.57. The van der Waals surface area contributed by atoms with Gasteiger partial charge in [-0.15, -0.1) is 11.3 Å². The standard InChI is InChI=1S/C62H36N10S/c1-2-18-46(62-67-47-19-7-12-24-56(47)73-62)45(17-1)57-58(69-48-20-8-3-13-37(48)41-25-29-63-33-52(41)69)60(71-50-22-10-5-15-39(50)43-27-31-65-35-54(43)71)68-61(72-51-23-11-6-16-40(51)44-28-32-66-36-55(44)72)59(57)70-49-21-9-4-14-38(49)42-26-30-64-34-53(42)70/h1-36H. The molecule has 10 nitrogen and oxygen atoms in total. The van der Waals surface area contributed by atoms with Crippen LogP contribution in [0.3, 0.4) is 0 Å². The van der Waals surface area contributed by atoms with Crippen LogP contribution in [0.5, 0.6) is 0 Å². The largest absolute Gasteiger partial charge is 0.304 e. The fraction of sp³-hybridized carbons (Fsp3) is 0. The van der Waals surface area contributed by atoms with Gasteiger partial charge in [-0.05, 0) is 66.2 Å². The molecule has 0 unspecified atom stereocenters. The zero-order valence-corrected chi connectivity index (χ0v) is 39.5. The van der Waals surface area contributed by atoms with E-state index >= 15 is 0 Å². The average Bonchev–Trinajstić information content (AvgIpc) is 4.27. The van der Waals surface area contributed by atoms with Gasteiger partial charge in [-0.25, -0.2) is 9.97 Å². The second-order valence-corrected chi connectivity index (χ2v) is 19.4. The molecule has 73 heavy (non-hydrogen) atoms. The molecule has 0 saturated carbocycles. The van der Waals surface area contributed by atoms with Crippen LogP contribution in [0.4, 0.5) is 0 Å². The van der Waals surface area contributed by atoms with E-state index < -0.39 is 0 Å². The van der Waals surface area contributed by atoms with Gasteiger partial charge >= 0.3 is 0 Å². The number of benzene rings is 6. The summed E-state index contributed by atoms with van der Waals surface area (Å²) in [6.45, 7) is 0. The van der Waals surface area contributed by atoms with Crippen LogP contribution in [-0.4, -0.2) is 48.2 Å². The van der Waals surface area contributed by atoms with Crippen LogP contribution in [0.15, 0.2) is 219 Å². The van der Waals surface area contributed by atoms with Gasteiger partial charge in [0.15, 0.2) is 11.6 Å². The molecule has 16 rings (SSSR count). The second kappa shape index (κ2) is 15.3. The van der Waals surface area contributed by atoms with E-state index in [0.29, 0.717) is 11.6 Å². The molecule has 10 aromatic heterocycles. The maximum Gasteiger partial charge on any atom is 0.165 e. The molecule has 16 aromatic rings. The van der Waals surface area contributed by atoms with E-state index in [2.05, 4.69) is 188 Å². The number of nitrogens with zero attached hydrogens (tertiary/aromatic N) is 10. The smallest absolute Gasteiger partial charge is 0.165 e. The summed E-state index contributed by atoms with van der Waals surface area (Å²) in [6.07, 6.45) is 15.5. The molecule has 0 N–H and O–H groups in total. The van der Waals surface area contributed by atoms with Crippen LogP contribution in [0.2, 0.25) is 0 Å². The van der Waals surface area contributed by atoms with Crippen molar-refractivity contribution in [1.82, 2.24) is 48.2 Å². The Morgan fingerprint density at radius 2 is 0.658 bits per heavy atom. The number of aromatic nitrogens is 10. The lowest BCUT2D eigenvalue weighted by molar-refractivity contribution is 0.958. The van der Waals surface area contributed by atoms with E-state index in [1.165, 1.54) is 0 Å². The van der Waals surface area contributed by atoms with E-state index in [4.69, 9.17) is 29.9 Å². The number of rotatable bonds is 6. The third kappa shape index (κ3) is 5.62. The van der Waals surface area contributed by atoms with E-state index in [9.17, 15) is 0 Å². The maximum atomic E-state index is 6.30. The monoisotopic (exact) mass is 952 g/mol. The van der Waals surface area contributed by atoms with Crippen molar-refractivity contribution >= 4 is 109 Å². The van der Waals surface area contributed by atoms with Gasteiger partial charge in [-0.1, -0.05) is 109 Å². The summed E-state index contributed by atoms with van der Waals surface area (Å²) < 4.78 is 10.5. The Morgan fingerprint density at radius 3 is 1.11 bits per heavy atom. The molecule has 0 radical (unpaired) electrons. The fourth-order valence-corrected chi connectivity index (χ4v) is 12.6. The molecule has 0 aliphatic rings. The summed E-state index contributed by atoms with van der Waals surface area (Å²) >= 11 is 1.70. The van der Waals surface area contributed by atoms with Crippen molar-refractivity contribution in [3.63, 3.8) is 0 Å². The lowest BCUT2D eigenvalue weighted by Gasteiger charge is -2.27. The van der Waals surface area contributed by atoms with Crippen LogP contribution >= 0.6 is 11.3 Å². The number of fused-ring (bicyclic) bond motifs is 13. The zero-order valence-electron chi connectivity index (χ0n) is 38.7. The topological polar surface area (TPSA) is 97.1 Å². The van der Waals surface area contributed by atoms with Gasteiger partial charge in [0.25, 0.3) is 0 Å². The van der Waals surface area contributed by atoms with Crippen molar-refractivity contribution in [2.75, 3.05) is 0 Å². The minimum absolute atomic E-state index is 0.701. The first-order chi connectivity index (χ1) is 36.3. The third-order valence-corrected chi connectivity index (χ3v) is 15.7. The number of hydrogen-bond acceptors (Lipinski definition) is 7. The lowest BCUT2D eigenvalue weighted by atomic mass is 9.96. The van der Waals surface area contributed by atoms with Gasteiger partial charge in [0.2, 0.25) is 0 Å². The molecule has 0 aliphatic carbocycles. The van der Waals surface area contributed by atoms with E-state index in [1.54, 1.807) is 11.3 Å². The quantitative estimate of drug-likeness (QED) is 0.165. The van der Waals surface area contributed by atoms with Gasteiger partial charge < -0.3 is 9.13 Å². The highest BCUT2D eigenvalue weighted by Crippen LogP contribution is 2.50. The first-order valence-electron chi connectivity index (χ1n) is 24.2. The number of para-hydroxylation sites is 5. The van der Waals surface area contributed by atoms with Crippen molar-refractivity contribution < 1.29 is 0 Å². The Balaban J connectivity index is 1.24. The van der Waals surface area contributed by atoms with Gasteiger partial charge in [0.05, 0.1) is 79.1 Å². The van der Waals surface area contributed by atoms with Crippen molar-refractivity contribution in [3.05, 3.63) is 219 Å². The van der Waals surface area contributed by atoms with Crippen LogP contribution in [0.1, 0.15) is 0 Å². The maximum absolute atomic E-state index is 6.30. The SMILES string of the molecule is c1ccc(-c2c(-n3c4ccccc4c4ccncc43)c(-n3c4ccccc4c4ccncc43)nc(-n3c4ccccc4c4ccncc43)c2-n2c3ccccc3c3ccncc32)c(-c2nc3ccccc3s2)c1. The van der Waals surface area contributed by atoms with Crippen LogP contribution in [0.25, 0.3) is 142 Å². The first-order valence-corrected chi connectivity index (χ1v) is 25.0. The van der Waals surface area contributed by atoms with Crippen molar-refractivity contribution in [1.29, 1.82) is 0 Å². The van der Waals surface area contributed by atoms with E-state index in [0.717, 1.165) is 131 Å². The van der Waals surface area contributed by atoms with Gasteiger partial charge in [0, 0.05) is 79.0 Å². The van der Waals surface area contributed by atoms with Crippen molar-refractivity contribution in [3.8, 4) is 44.7 Å². The Morgan fingerprint density at radius 1 is 0.301 bits per heavy atom. The minimum atomic E-state index is 0.701. The highest BCUT2D eigenvalue weighted by Gasteiger charge is 2.34. The third-order valence-electron chi connectivity index (χ3n) is 14.6. The summed E-state index contributed by atoms with van der Waals surface area (Å²) in [4.78, 5) is 31.1. The molecular formula is C62H36N10S. The highest BCUT2D eigenvalue weighted by atomic mass is 32.1. The molecule has 10 heterocycles. The van der Waals surface area contributed by atoms with Crippen molar-refractivity contribution in [2.45, 2.75) is 0 Å².